The van der Waals surface area contributed by atoms with Crippen LogP contribution in [-0.2, 0) is 42.8 Å². The summed E-state index contributed by atoms with van der Waals surface area (Å²) in [6.45, 7) is 6.12. The third-order valence-electron chi connectivity index (χ3n) is 5.70. The minimum absolute atomic E-state index is 0.101. The average Bonchev–Trinajstić information content (AvgIpc) is 3.57. The molecule has 0 radical (unpaired) electrons. The summed E-state index contributed by atoms with van der Waals surface area (Å²) >= 11 is 0. The van der Waals surface area contributed by atoms with Gasteiger partial charge in [-0.3, -0.25) is 19.3 Å². The summed E-state index contributed by atoms with van der Waals surface area (Å²) in [5, 5.41) is 3.68. The van der Waals surface area contributed by atoms with E-state index in [-0.39, 0.29) is 30.9 Å². The zero-order chi connectivity index (χ0) is 27.8. The summed E-state index contributed by atoms with van der Waals surface area (Å²) in [7, 11) is 3.96. The quantitative estimate of drug-likeness (QED) is 0.0900. The van der Waals surface area contributed by atoms with E-state index in [1.54, 1.807) is 0 Å². The molecule has 2 aliphatic heterocycles. The first-order chi connectivity index (χ1) is 19.2. The van der Waals surface area contributed by atoms with Gasteiger partial charge in [0.25, 0.3) is 11.8 Å². The number of carbonyl (C=O) groups is 3. The van der Waals surface area contributed by atoms with E-state index >= 15 is 0 Å². The van der Waals surface area contributed by atoms with Crippen molar-refractivity contribution in [2.45, 2.75) is 37.4 Å². The summed E-state index contributed by atoms with van der Waals surface area (Å²) in [4.78, 5) is 35.7. The molecule has 13 heteroatoms. The Morgan fingerprint density at radius 1 is 0.769 bits per heavy atom. The number of ether oxygens (including phenoxy) is 6. The zero-order valence-corrected chi connectivity index (χ0v) is 24.4. The van der Waals surface area contributed by atoms with Crippen LogP contribution in [0.15, 0.2) is 12.2 Å². The Kier molecular flexibility index (Phi) is 20.5. The second-order valence-corrected chi connectivity index (χ2v) is 11.5. The molecule has 0 spiro atoms. The number of carbonyl (C=O) groups excluding carboxylic acids is 3. The molecule has 3 amide bonds. The lowest BCUT2D eigenvalue weighted by molar-refractivity contribution is -0.137. The smallest absolute Gasteiger partial charge is 0.253 e. The maximum atomic E-state index is 11.8. The molecule has 0 bridgehead atoms. The summed E-state index contributed by atoms with van der Waals surface area (Å²) in [5.41, 5.74) is 0. The van der Waals surface area contributed by atoms with Crippen LogP contribution in [0.1, 0.15) is 32.1 Å². The second kappa shape index (κ2) is 23.5. The summed E-state index contributed by atoms with van der Waals surface area (Å²) < 4.78 is 32.6. The first kappa shape index (κ1) is 34.0. The molecule has 1 atom stereocenters. The summed E-state index contributed by atoms with van der Waals surface area (Å²) in [6.07, 6.45) is 7.71. The van der Waals surface area contributed by atoms with Crippen molar-refractivity contribution in [3.8, 4) is 0 Å². The number of rotatable bonds is 26. The highest BCUT2D eigenvalue weighted by Gasteiger charge is 2.22. The fourth-order valence-electron chi connectivity index (χ4n) is 3.58. The lowest BCUT2D eigenvalue weighted by Gasteiger charge is -2.13. The van der Waals surface area contributed by atoms with Gasteiger partial charge in [-0.05, 0) is 19.3 Å². The van der Waals surface area contributed by atoms with Crippen LogP contribution in [0, 0.1) is 0 Å². The van der Waals surface area contributed by atoms with Gasteiger partial charge in [0.15, 0.2) is 0 Å². The molecule has 1 unspecified atom stereocenters. The summed E-state index contributed by atoms with van der Waals surface area (Å²) in [5.74, 6) is 0.756. The lowest BCUT2D eigenvalue weighted by Crippen LogP contribution is -2.33. The fourth-order valence-corrected chi connectivity index (χ4v) is 6.61. The van der Waals surface area contributed by atoms with Gasteiger partial charge in [-0.15, -0.1) is 0 Å². The SMILES string of the molecule is O=C(CCCCC1CCSS1)NCCOCCOCCOCCOCCOCCOCCN1C(=O)C=CC1=O. The van der Waals surface area contributed by atoms with Gasteiger partial charge in [0.05, 0.1) is 85.8 Å². The van der Waals surface area contributed by atoms with Gasteiger partial charge in [-0.25, -0.2) is 0 Å². The van der Waals surface area contributed by atoms with E-state index in [4.69, 9.17) is 28.4 Å². The van der Waals surface area contributed by atoms with Crippen molar-refractivity contribution in [3.05, 3.63) is 12.2 Å². The van der Waals surface area contributed by atoms with Crippen LogP contribution in [0.4, 0.5) is 0 Å². The number of amides is 3. The molecule has 1 N–H and O–H groups in total. The number of nitrogens with zero attached hydrogens (tertiary/aromatic N) is 1. The van der Waals surface area contributed by atoms with E-state index < -0.39 is 0 Å². The largest absolute Gasteiger partial charge is 0.377 e. The van der Waals surface area contributed by atoms with Gasteiger partial charge in [0.1, 0.15) is 0 Å². The molecular formula is C26H44N2O9S2. The van der Waals surface area contributed by atoms with E-state index in [1.165, 1.54) is 30.7 Å². The van der Waals surface area contributed by atoms with Crippen LogP contribution >= 0.6 is 21.6 Å². The molecule has 0 aromatic rings. The molecule has 39 heavy (non-hydrogen) atoms. The molecule has 0 aromatic carbocycles. The van der Waals surface area contributed by atoms with Gasteiger partial charge >= 0.3 is 0 Å². The Labute approximate surface area is 239 Å². The summed E-state index contributed by atoms with van der Waals surface area (Å²) in [6, 6.07) is 0. The topological polar surface area (TPSA) is 122 Å². The lowest BCUT2D eigenvalue weighted by atomic mass is 10.1. The zero-order valence-electron chi connectivity index (χ0n) is 22.8. The van der Waals surface area contributed by atoms with Crippen molar-refractivity contribution in [1.29, 1.82) is 0 Å². The normalized spacial score (nSPS) is 17.0. The molecule has 224 valence electrons. The monoisotopic (exact) mass is 592 g/mol. The maximum absolute atomic E-state index is 11.8. The minimum atomic E-state index is -0.304. The Hall–Kier alpha value is -1.19. The van der Waals surface area contributed by atoms with Crippen LogP contribution in [-0.4, -0.2) is 126 Å². The highest BCUT2D eigenvalue weighted by Crippen LogP contribution is 2.39. The van der Waals surface area contributed by atoms with Gasteiger partial charge < -0.3 is 33.7 Å². The van der Waals surface area contributed by atoms with Crippen LogP contribution in [0.3, 0.4) is 0 Å². The van der Waals surface area contributed by atoms with Crippen LogP contribution in [0.5, 0.6) is 0 Å². The highest BCUT2D eigenvalue weighted by atomic mass is 33.1. The van der Waals surface area contributed by atoms with Crippen LogP contribution in [0.2, 0.25) is 0 Å². The van der Waals surface area contributed by atoms with Gasteiger partial charge in [0.2, 0.25) is 5.91 Å². The number of imide groups is 1. The van der Waals surface area contributed by atoms with E-state index in [9.17, 15) is 14.4 Å². The van der Waals surface area contributed by atoms with E-state index in [1.807, 2.05) is 21.6 Å². The molecule has 1 fully saturated rings. The van der Waals surface area contributed by atoms with Crippen molar-refractivity contribution in [3.63, 3.8) is 0 Å². The van der Waals surface area contributed by atoms with Crippen molar-refractivity contribution in [2.24, 2.45) is 0 Å². The van der Waals surface area contributed by atoms with Crippen LogP contribution in [0.25, 0.3) is 0 Å². The van der Waals surface area contributed by atoms with E-state index in [2.05, 4.69) is 5.32 Å². The maximum Gasteiger partial charge on any atom is 0.253 e. The fraction of sp³-hybridized carbons (Fsp3) is 0.808. The molecule has 0 aromatic heterocycles. The average molecular weight is 593 g/mol. The van der Waals surface area contributed by atoms with E-state index in [0.717, 1.165) is 23.0 Å². The molecule has 2 aliphatic rings. The molecule has 2 heterocycles. The molecule has 11 nitrogen and oxygen atoms in total. The van der Waals surface area contributed by atoms with E-state index in [0.29, 0.717) is 85.6 Å². The first-order valence-electron chi connectivity index (χ1n) is 13.7. The molecule has 0 aliphatic carbocycles. The van der Waals surface area contributed by atoms with Crippen molar-refractivity contribution < 1.29 is 42.8 Å². The Bertz CT molecular complexity index is 691. The second-order valence-electron chi connectivity index (χ2n) is 8.76. The van der Waals surface area contributed by atoms with Crippen molar-refractivity contribution >= 4 is 39.3 Å². The third kappa shape index (κ3) is 18.0. The predicted molar refractivity (Wildman–Crippen MR) is 151 cm³/mol. The minimum Gasteiger partial charge on any atom is -0.377 e. The molecule has 0 saturated carbocycles. The number of hydrogen-bond acceptors (Lipinski definition) is 11. The molecular weight excluding hydrogens is 548 g/mol. The standard InChI is InChI=1S/C26H44N2O9S2/c29-24(4-2-1-3-23-7-22-38-39-23)27-8-10-32-12-14-34-16-18-36-20-21-37-19-17-35-15-13-33-11-9-28-25(30)5-6-26(28)31/h5-6,23H,1-4,7-22H2,(H,27,29). The van der Waals surface area contributed by atoms with Crippen molar-refractivity contribution in [1.82, 2.24) is 10.2 Å². The van der Waals surface area contributed by atoms with Gasteiger partial charge in [-0.1, -0.05) is 28.0 Å². The Morgan fingerprint density at radius 2 is 1.28 bits per heavy atom. The van der Waals surface area contributed by atoms with Gasteiger partial charge in [0, 0.05) is 36.1 Å². The molecule has 2 rings (SSSR count). The molecule has 1 saturated heterocycles. The highest BCUT2D eigenvalue weighted by molar-refractivity contribution is 8.77. The van der Waals surface area contributed by atoms with Crippen LogP contribution < -0.4 is 5.32 Å². The van der Waals surface area contributed by atoms with Gasteiger partial charge in [-0.2, -0.15) is 0 Å². The first-order valence-corrected chi connectivity index (χ1v) is 16.1. The van der Waals surface area contributed by atoms with Crippen molar-refractivity contribution in [2.75, 3.05) is 98.1 Å². The Morgan fingerprint density at radius 3 is 1.79 bits per heavy atom. The predicted octanol–water partition coefficient (Wildman–Crippen LogP) is 1.84. The number of unbranched alkanes of at least 4 members (excludes halogenated alkanes) is 1. The third-order valence-corrected chi connectivity index (χ3v) is 8.70. The number of nitrogens with one attached hydrogen (secondary N) is 1. The Balaban J connectivity index is 1.19. The number of hydrogen-bond donors (Lipinski definition) is 1.